The Morgan fingerprint density at radius 2 is 1.50 bits per heavy atom. The van der Waals surface area contributed by atoms with E-state index in [0.717, 1.165) is 35.6 Å². The minimum absolute atomic E-state index is 0.256. The van der Waals surface area contributed by atoms with Crippen molar-refractivity contribution >= 4 is 28.4 Å². The van der Waals surface area contributed by atoms with Crippen molar-refractivity contribution in [2.45, 2.75) is 64.7 Å². The first-order valence-corrected chi connectivity index (χ1v) is 13.4. The summed E-state index contributed by atoms with van der Waals surface area (Å²) in [6.07, 6.45) is 1.23. The SMILES string of the molecule is CCCN[C@H]1CCc2nc(N)sc2C1.Cc1ccc(O[C@H](C(=O)O)[C@H](Oc2ccc(C)cc2)C(=O)O)cc1. The number of nitrogens with two attached hydrogens (primary N) is 1. The predicted octanol–water partition coefficient (Wildman–Crippen LogP) is 4.25. The molecule has 0 spiro atoms. The molecule has 5 N–H and O–H groups in total. The summed E-state index contributed by atoms with van der Waals surface area (Å²) in [7, 11) is 0. The van der Waals surface area contributed by atoms with Gasteiger partial charge in [0.05, 0.1) is 5.69 Å². The summed E-state index contributed by atoms with van der Waals surface area (Å²) >= 11 is 1.65. The van der Waals surface area contributed by atoms with E-state index >= 15 is 0 Å². The van der Waals surface area contributed by atoms with Gasteiger partial charge in [-0.3, -0.25) is 0 Å². The molecule has 3 aromatic rings. The number of nitrogens with zero attached hydrogens (tertiary/aromatic N) is 1. The minimum Gasteiger partial charge on any atom is -0.478 e. The number of carbonyl (C=O) groups is 2. The van der Waals surface area contributed by atoms with E-state index < -0.39 is 24.1 Å². The van der Waals surface area contributed by atoms with E-state index in [0.29, 0.717) is 6.04 Å². The fourth-order valence-electron chi connectivity index (χ4n) is 3.93. The van der Waals surface area contributed by atoms with Gasteiger partial charge in [-0.15, -0.1) is 11.3 Å². The van der Waals surface area contributed by atoms with E-state index in [1.807, 2.05) is 13.8 Å². The van der Waals surface area contributed by atoms with E-state index in [1.54, 1.807) is 59.9 Å². The Morgan fingerprint density at radius 3 is 1.95 bits per heavy atom. The van der Waals surface area contributed by atoms with Crippen LogP contribution in [0.25, 0.3) is 0 Å². The van der Waals surface area contributed by atoms with Crippen LogP contribution < -0.4 is 20.5 Å². The van der Waals surface area contributed by atoms with E-state index in [-0.39, 0.29) is 11.5 Å². The first-order valence-electron chi connectivity index (χ1n) is 12.6. The monoisotopic (exact) mass is 541 g/mol. The van der Waals surface area contributed by atoms with Crippen molar-refractivity contribution in [2.24, 2.45) is 0 Å². The molecule has 38 heavy (non-hydrogen) atoms. The van der Waals surface area contributed by atoms with Crippen molar-refractivity contribution < 1.29 is 29.3 Å². The summed E-state index contributed by atoms with van der Waals surface area (Å²) in [6, 6.07) is 13.9. The summed E-state index contributed by atoms with van der Waals surface area (Å²) in [6.45, 7) is 7.07. The zero-order chi connectivity index (χ0) is 27.7. The fraction of sp³-hybridized carbons (Fsp3) is 0.393. The van der Waals surface area contributed by atoms with Gasteiger partial charge < -0.3 is 30.7 Å². The van der Waals surface area contributed by atoms with Crippen molar-refractivity contribution in [1.29, 1.82) is 0 Å². The molecule has 10 heteroatoms. The number of nitrogen functional groups attached to an aromatic ring is 1. The number of hydrogen-bond acceptors (Lipinski definition) is 8. The van der Waals surface area contributed by atoms with Crippen LogP contribution in [0.5, 0.6) is 11.5 Å². The third kappa shape index (κ3) is 8.46. The number of carboxylic acid groups (broad SMARTS) is 2. The van der Waals surface area contributed by atoms with Crippen molar-refractivity contribution in [3.63, 3.8) is 0 Å². The van der Waals surface area contributed by atoms with Gasteiger partial charge in [-0.1, -0.05) is 42.3 Å². The fourth-order valence-corrected chi connectivity index (χ4v) is 4.89. The molecule has 1 aliphatic rings. The van der Waals surface area contributed by atoms with Gasteiger partial charge in [0, 0.05) is 10.9 Å². The lowest BCUT2D eigenvalue weighted by molar-refractivity contribution is -0.161. The number of carboxylic acids is 2. The molecular formula is C28H35N3O6S. The Labute approximate surface area is 226 Å². The summed E-state index contributed by atoms with van der Waals surface area (Å²) in [5.74, 6) is -2.33. The highest BCUT2D eigenvalue weighted by Gasteiger charge is 2.38. The largest absolute Gasteiger partial charge is 0.478 e. The molecule has 1 aliphatic carbocycles. The molecule has 0 aliphatic heterocycles. The molecule has 0 fully saturated rings. The summed E-state index contributed by atoms with van der Waals surface area (Å²) in [5.41, 5.74) is 8.87. The van der Waals surface area contributed by atoms with Gasteiger partial charge in [0.15, 0.2) is 5.13 Å². The molecule has 1 heterocycles. The number of thiazole rings is 1. The topological polar surface area (TPSA) is 144 Å². The number of nitrogens with one attached hydrogen (secondary N) is 1. The number of aliphatic carboxylic acids is 2. The molecule has 0 saturated heterocycles. The van der Waals surface area contributed by atoms with Crippen LogP contribution in [0.2, 0.25) is 0 Å². The molecule has 0 radical (unpaired) electrons. The van der Waals surface area contributed by atoms with Gasteiger partial charge in [-0.05, 0) is 70.3 Å². The molecular weight excluding hydrogens is 506 g/mol. The number of aromatic nitrogens is 1. The summed E-state index contributed by atoms with van der Waals surface area (Å²) in [5, 5.41) is 23.0. The molecule has 0 unspecified atom stereocenters. The maximum Gasteiger partial charge on any atom is 0.349 e. The maximum atomic E-state index is 11.5. The molecule has 204 valence electrons. The van der Waals surface area contributed by atoms with Crippen molar-refractivity contribution in [2.75, 3.05) is 12.3 Å². The predicted molar refractivity (Wildman–Crippen MR) is 147 cm³/mol. The van der Waals surface area contributed by atoms with Gasteiger partial charge in [0.25, 0.3) is 0 Å². The third-order valence-electron chi connectivity index (χ3n) is 5.97. The van der Waals surface area contributed by atoms with E-state index in [2.05, 4.69) is 17.2 Å². The van der Waals surface area contributed by atoms with Crippen molar-refractivity contribution in [3.05, 3.63) is 70.2 Å². The average Bonchev–Trinajstić information content (AvgIpc) is 3.26. The maximum absolute atomic E-state index is 11.5. The van der Waals surface area contributed by atoms with E-state index in [4.69, 9.17) is 15.2 Å². The molecule has 1 aromatic heterocycles. The molecule has 9 nitrogen and oxygen atoms in total. The van der Waals surface area contributed by atoms with Gasteiger partial charge in [-0.25, -0.2) is 14.6 Å². The highest BCUT2D eigenvalue weighted by atomic mass is 32.1. The van der Waals surface area contributed by atoms with Crippen LogP contribution in [-0.2, 0) is 22.4 Å². The van der Waals surface area contributed by atoms with Crippen LogP contribution in [0.3, 0.4) is 0 Å². The van der Waals surface area contributed by atoms with Crippen LogP contribution >= 0.6 is 11.3 Å². The van der Waals surface area contributed by atoms with Gasteiger partial charge in [-0.2, -0.15) is 0 Å². The molecule has 0 saturated carbocycles. The third-order valence-corrected chi connectivity index (χ3v) is 6.92. The van der Waals surface area contributed by atoms with Gasteiger partial charge in [0.1, 0.15) is 11.5 Å². The number of anilines is 1. The molecule has 2 aromatic carbocycles. The second-order valence-corrected chi connectivity index (χ2v) is 10.3. The number of aryl methyl sites for hydroxylation is 3. The normalized spacial score (nSPS) is 15.8. The van der Waals surface area contributed by atoms with Gasteiger partial charge >= 0.3 is 11.9 Å². The van der Waals surface area contributed by atoms with Crippen molar-refractivity contribution in [1.82, 2.24) is 10.3 Å². The van der Waals surface area contributed by atoms with E-state index in [9.17, 15) is 19.8 Å². The lowest BCUT2D eigenvalue weighted by Gasteiger charge is -2.22. The number of benzene rings is 2. The van der Waals surface area contributed by atoms with Gasteiger partial charge in [0.2, 0.25) is 12.2 Å². The Bertz CT molecular complexity index is 1130. The molecule has 0 bridgehead atoms. The second-order valence-electron chi connectivity index (χ2n) is 9.20. The van der Waals surface area contributed by atoms with Crippen LogP contribution in [0.1, 0.15) is 41.5 Å². The number of rotatable bonds is 10. The zero-order valence-corrected chi connectivity index (χ0v) is 22.7. The molecule has 3 atom stereocenters. The minimum atomic E-state index is -1.69. The summed E-state index contributed by atoms with van der Waals surface area (Å²) < 4.78 is 10.7. The Hall–Kier alpha value is -3.63. The van der Waals surface area contributed by atoms with Crippen LogP contribution in [-0.4, -0.2) is 51.9 Å². The average molecular weight is 542 g/mol. The van der Waals surface area contributed by atoms with Crippen molar-refractivity contribution in [3.8, 4) is 11.5 Å². The lowest BCUT2D eigenvalue weighted by Crippen LogP contribution is -2.47. The number of hydrogen-bond donors (Lipinski definition) is 4. The Balaban J connectivity index is 0.000000241. The second kappa shape index (κ2) is 13.8. The standard InChI is InChI=1S/C18H18O6.C10H17N3S/c1-11-3-7-13(8-4-11)23-15(17(19)20)16(18(21)22)24-14-9-5-12(2)6-10-14;1-2-5-12-7-3-4-8-9(6-7)14-10(11)13-8/h3-10,15-16H,1-2H3,(H,19,20)(H,21,22);7,12H,2-6H2,1H3,(H2,11,13)/t15-,16-;7-/m00/s1. The lowest BCUT2D eigenvalue weighted by atomic mass is 9.98. The Morgan fingerprint density at radius 1 is 1.00 bits per heavy atom. The quantitative estimate of drug-likeness (QED) is 0.296. The molecule has 0 amide bonds. The van der Waals surface area contributed by atoms with Crippen LogP contribution in [0.15, 0.2) is 48.5 Å². The molecule has 4 rings (SSSR count). The Kier molecular flexibility index (Phi) is 10.5. The van der Waals surface area contributed by atoms with Crippen LogP contribution in [0.4, 0.5) is 5.13 Å². The number of ether oxygens (including phenoxy) is 2. The highest BCUT2D eigenvalue weighted by molar-refractivity contribution is 7.15. The number of fused-ring (bicyclic) bond motifs is 1. The first-order chi connectivity index (χ1) is 18.2. The first kappa shape index (κ1) is 28.9. The summed E-state index contributed by atoms with van der Waals surface area (Å²) in [4.78, 5) is 28.7. The smallest absolute Gasteiger partial charge is 0.349 e. The highest BCUT2D eigenvalue weighted by Crippen LogP contribution is 2.28. The zero-order valence-electron chi connectivity index (χ0n) is 21.8. The van der Waals surface area contributed by atoms with E-state index in [1.165, 1.54) is 23.4 Å². The van der Waals surface area contributed by atoms with Crippen LogP contribution in [0, 0.1) is 13.8 Å².